The highest BCUT2D eigenvalue weighted by molar-refractivity contribution is 6.00. The summed E-state index contributed by atoms with van der Waals surface area (Å²) in [7, 11) is 0. The monoisotopic (exact) mass is 219 g/mol. The van der Waals surface area contributed by atoms with E-state index in [4.69, 9.17) is 4.84 Å². The highest BCUT2D eigenvalue weighted by Gasteiger charge is 2.33. The van der Waals surface area contributed by atoms with E-state index in [0.29, 0.717) is 0 Å². The molecule has 82 valence electrons. The van der Waals surface area contributed by atoms with Gasteiger partial charge in [-0.05, 0) is 12.2 Å². The zero-order valence-electron chi connectivity index (χ0n) is 8.38. The van der Waals surface area contributed by atoms with Crippen LogP contribution in [0.5, 0.6) is 0 Å². The molecule has 1 atom stereocenters. The molecule has 5 heteroatoms. The van der Waals surface area contributed by atoms with Gasteiger partial charge in [0.2, 0.25) is 0 Å². The number of hydroxylamine groups is 2. The molecule has 0 aromatic carbocycles. The highest BCUT2D eigenvalue weighted by atomic mass is 16.7. The van der Waals surface area contributed by atoms with E-state index < -0.39 is 6.10 Å². The molecule has 16 heavy (non-hydrogen) atoms. The van der Waals surface area contributed by atoms with Crippen LogP contribution in [0, 0.1) is 0 Å². The van der Waals surface area contributed by atoms with Crippen molar-refractivity contribution >= 4 is 17.8 Å². The number of imide groups is 1. The minimum Gasteiger partial charge on any atom is -0.272 e. The molecule has 0 spiro atoms. The fraction of sp³-hybridized carbons (Fsp3) is 0.273. The van der Waals surface area contributed by atoms with Crippen LogP contribution in [0.2, 0.25) is 0 Å². The van der Waals surface area contributed by atoms with Gasteiger partial charge in [-0.2, -0.15) is 5.06 Å². The molecular formula is C11H9NO4. The van der Waals surface area contributed by atoms with Crippen LogP contribution < -0.4 is 0 Å². The molecular weight excluding hydrogens is 210 g/mol. The number of carbonyl (C=O) groups is 2. The van der Waals surface area contributed by atoms with Crippen LogP contribution in [0.25, 0.3) is 0 Å². The lowest BCUT2D eigenvalue weighted by molar-refractivity contribution is -0.192. The molecule has 0 saturated carbocycles. The Labute approximate surface area is 91.6 Å². The fourth-order valence-electron chi connectivity index (χ4n) is 1.49. The van der Waals surface area contributed by atoms with E-state index in [1.165, 1.54) is 6.08 Å². The summed E-state index contributed by atoms with van der Waals surface area (Å²) in [6.45, 7) is 0. The number of carbonyl (C=O) groups excluding carboxylic acids is 3. The summed E-state index contributed by atoms with van der Waals surface area (Å²) in [5, 5.41) is 0.728. The predicted octanol–water partition coefficient (Wildman–Crippen LogP) is 0.320. The second-order valence-corrected chi connectivity index (χ2v) is 3.41. The van der Waals surface area contributed by atoms with E-state index in [0.717, 1.165) is 5.06 Å². The van der Waals surface area contributed by atoms with Crippen molar-refractivity contribution in [2.45, 2.75) is 18.9 Å². The minimum atomic E-state index is -0.714. The van der Waals surface area contributed by atoms with Crippen LogP contribution in [-0.4, -0.2) is 28.9 Å². The summed E-state index contributed by atoms with van der Waals surface area (Å²) in [5.41, 5.74) is 0.259. The van der Waals surface area contributed by atoms with Crippen molar-refractivity contribution in [3.8, 4) is 0 Å². The molecule has 0 aromatic heterocycles. The van der Waals surface area contributed by atoms with Gasteiger partial charge in [0, 0.05) is 12.8 Å². The number of nitrogens with zero attached hydrogens (tertiary/aromatic N) is 1. The lowest BCUT2D eigenvalue weighted by Crippen LogP contribution is -2.34. The maximum absolute atomic E-state index is 11.3. The Morgan fingerprint density at radius 2 is 1.94 bits per heavy atom. The van der Waals surface area contributed by atoms with Gasteiger partial charge in [0.25, 0.3) is 11.8 Å². The van der Waals surface area contributed by atoms with Gasteiger partial charge in [-0.3, -0.25) is 14.4 Å². The topological polar surface area (TPSA) is 63.7 Å². The van der Waals surface area contributed by atoms with Crippen molar-refractivity contribution in [2.24, 2.45) is 0 Å². The molecule has 5 nitrogen and oxygen atoms in total. The van der Waals surface area contributed by atoms with Gasteiger partial charge in [-0.1, -0.05) is 12.2 Å². The molecule has 2 amide bonds. The molecule has 0 aromatic rings. The second kappa shape index (κ2) is 4.26. The summed E-state index contributed by atoms with van der Waals surface area (Å²) in [6, 6.07) is 0. The fourth-order valence-corrected chi connectivity index (χ4v) is 1.49. The van der Waals surface area contributed by atoms with Crippen LogP contribution in [0.15, 0.2) is 29.9 Å². The molecule has 1 saturated heterocycles. The maximum atomic E-state index is 11.3. The lowest BCUT2D eigenvalue weighted by Gasteiger charge is -2.20. The van der Waals surface area contributed by atoms with Gasteiger partial charge >= 0.3 is 0 Å². The van der Waals surface area contributed by atoms with Gasteiger partial charge in [0.05, 0.1) is 5.57 Å². The van der Waals surface area contributed by atoms with Gasteiger partial charge in [0.1, 0.15) is 12.0 Å². The molecule has 0 bridgehead atoms. The van der Waals surface area contributed by atoms with Crippen molar-refractivity contribution in [1.29, 1.82) is 0 Å². The molecule has 1 aliphatic heterocycles. The molecule has 1 fully saturated rings. The Balaban J connectivity index is 2.12. The Morgan fingerprint density at radius 1 is 1.25 bits per heavy atom. The molecule has 0 N–H and O–H groups in total. The minimum absolute atomic E-state index is 0.158. The average Bonchev–Trinajstić information content (AvgIpc) is 2.61. The Hall–Kier alpha value is -1.97. The lowest BCUT2D eigenvalue weighted by atomic mass is 10.1. The van der Waals surface area contributed by atoms with E-state index in [2.05, 4.69) is 0 Å². The number of amides is 2. The van der Waals surface area contributed by atoms with E-state index >= 15 is 0 Å². The van der Waals surface area contributed by atoms with Crippen LogP contribution >= 0.6 is 0 Å². The predicted molar refractivity (Wildman–Crippen MR) is 53.4 cm³/mol. The van der Waals surface area contributed by atoms with Gasteiger partial charge < -0.3 is 0 Å². The average molecular weight is 219 g/mol. The first-order valence-corrected chi connectivity index (χ1v) is 4.85. The first kappa shape index (κ1) is 10.5. The van der Waals surface area contributed by atoms with Crippen molar-refractivity contribution < 1.29 is 19.2 Å². The van der Waals surface area contributed by atoms with Crippen LogP contribution in [0.3, 0.4) is 0 Å². The normalized spacial score (nSPS) is 24.1. The quantitative estimate of drug-likeness (QED) is 0.495. The standard InChI is InChI=1S/C11H9NO4/c13-7-8-3-1-2-4-9(8)16-12-10(14)5-6-11(12)15/h1-4,9H,5-6H2. The number of hydrogen-bond acceptors (Lipinski definition) is 4. The summed E-state index contributed by atoms with van der Waals surface area (Å²) in [5.74, 6) is 0.959. The highest BCUT2D eigenvalue weighted by Crippen LogP contribution is 2.19. The third kappa shape index (κ3) is 1.86. The van der Waals surface area contributed by atoms with Crippen molar-refractivity contribution in [3.63, 3.8) is 0 Å². The SMILES string of the molecule is O=C=C1C=CC=CC1ON1C(=O)CCC1=O. The first-order valence-electron chi connectivity index (χ1n) is 4.85. The molecule has 0 radical (unpaired) electrons. The van der Waals surface area contributed by atoms with E-state index in [9.17, 15) is 14.4 Å². The Kier molecular flexibility index (Phi) is 2.81. The zero-order valence-corrected chi connectivity index (χ0v) is 8.38. The second-order valence-electron chi connectivity index (χ2n) is 3.41. The summed E-state index contributed by atoms with van der Waals surface area (Å²) < 4.78 is 0. The van der Waals surface area contributed by atoms with Crippen molar-refractivity contribution in [3.05, 3.63) is 29.9 Å². The van der Waals surface area contributed by atoms with Crippen molar-refractivity contribution in [1.82, 2.24) is 5.06 Å². The molecule has 2 rings (SSSR count). The van der Waals surface area contributed by atoms with Gasteiger partial charge in [-0.15, -0.1) is 0 Å². The van der Waals surface area contributed by atoms with Crippen LogP contribution in [0.1, 0.15) is 12.8 Å². The van der Waals surface area contributed by atoms with E-state index in [1.54, 1.807) is 24.2 Å². The summed E-state index contributed by atoms with van der Waals surface area (Å²) in [4.78, 5) is 38.3. The van der Waals surface area contributed by atoms with E-state index in [-0.39, 0.29) is 30.2 Å². The van der Waals surface area contributed by atoms with Crippen molar-refractivity contribution in [2.75, 3.05) is 0 Å². The largest absolute Gasteiger partial charge is 0.272 e. The number of rotatable bonds is 2. The third-order valence-electron chi connectivity index (χ3n) is 2.32. The van der Waals surface area contributed by atoms with E-state index in [1.807, 2.05) is 0 Å². The number of hydrogen-bond donors (Lipinski definition) is 0. The summed E-state index contributed by atoms with van der Waals surface area (Å²) >= 11 is 0. The maximum Gasteiger partial charge on any atom is 0.254 e. The smallest absolute Gasteiger partial charge is 0.254 e. The molecule has 1 unspecified atom stereocenters. The molecule has 2 aliphatic rings. The molecule has 1 heterocycles. The first-order chi connectivity index (χ1) is 7.72. The zero-order chi connectivity index (χ0) is 11.5. The number of allylic oxidation sites excluding steroid dienone is 2. The van der Waals surface area contributed by atoms with Crippen LogP contribution in [-0.2, 0) is 19.2 Å². The Morgan fingerprint density at radius 3 is 2.56 bits per heavy atom. The Bertz CT molecular complexity index is 427. The van der Waals surface area contributed by atoms with Gasteiger partial charge in [0.15, 0.2) is 0 Å². The molecule has 1 aliphatic carbocycles. The third-order valence-corrected chi connectivity index (χ3v) is 2.32. The summed E-state index contributed by atoms with van der Waals surface area (Å²) in [6.07, 6.45) is 6.05. The van der Waals surface area contributed by atoms with Gasteiger partial charge in [-0.25, -0.2) is 4.79 Å². The van der Waals surface area contributed by atoms with Crippen LogP contribution in [0.4, 0.5) is 0 Å².